The number of anilines is 1. The number of pyridine rings is 1. The number of hydrogen-bond acceptors (Lipinski definition) is 3. The molecule has 0 aliphatic carbocycles. The van der Waals surface area contributed by atoms with Crippen LogP contribution in [0.1, 0.15) is 11.6 Å². The number of nitrogens with one attached hydrogen (secondary N) is 1. The van der Waals surface area contributed by atoms with Crippen LogP contribution in [0.2, 0.25) is 0 Å². The van der Waals surface area contributed by atoms with Crippen molar-refractivity contribution in [1.29, 1.82) is 0 Å². The van der Waals surface area contributed by atoms with Crippen LogP contribution < -0.4 is 11.1 Å². The zero-order valence-corrected chi connectivity index (χ0v) is 11.1. The summed E-state index contributed by atoms with van der Waals surface area (Å²) < 4.78 is 0.837. The van der Waals surface area contributed by atoms with Crippen molar-refractivity contribution in [3.63, 3.8) is 0 Å². The lowest BCUT2D eigenvalue weighted by Crippen LogP contribution is -2.27. The van der Waals surface area contributed by atoms with E-state index in [4.69, 9.17) is 5.73 Å². The van der Waals surface area contributed by atoms with Crippen LogP contribution in [0.3, 0.4) is 0 Å². The Morgan fingerprint density at radius 2 is 2.00 bits per heavy atom. The lowest BCUT2D eigenvalue weighted by atomic mass is 10.1. The third-order valence-corrected chi connectivity index (χ3v) is 2.87. The summed E-state index contributed by atoms with van der Waals surface area (Å²) in [6, 6.07) is 10.6. The molecule has 0 unspecified atom stereocenters. The van der Waals surface area contributed by atoms with Gasteiger partial charge >= 0.3 is 0 Å². The van der Waals surface area contributed by atoms with Crippen molar-refractivity contribution in [3.05, 3.63) is 58.8 Å². The standard InChI is InChI=1S/C13H12BrN3O/c14-10-6-11(8-16-7-10)17-12(13(15)18)9-4-2-1-3-5-9/h1-8,12,17H,(H2,15,18)/t12-/m0/s1. The van der Waals surface area contributed by atoms with Crippen LogP contribution in [0.25, 0.3) is 0 Å². The van der Waals surface area contributed by atoms with Crippen molar-refractivity contribution < 1.29 is 4.79 Å². The predicted molar refractivity (Wildman–Crippen MR) is 73.9 cm³/mol. The molecule has 1 amide bonds. The zero-order chi connectivity index (χ0) is 13.0. The number of nitrogens with zero attached hydrogens (tertiary/aromatic N) is 1. The first-order valence-electron chi connectivity index (χ1n) is 5.38. The van der Waals surface area contributed by atoms with Crippen LogP contribution in [-0.2, 0) is 4.79 Å². The van der Waals surface area contributed by atoms with E-state index < -0.39 is 11.9 Å². The van der Waals surface area contributed by atoms with Crippen LogP contribution in [0, 0.1) is 0 Å². The maximum Gasteiger partial charge on any atom is 0.244 e. The number of nitrogens with two attached hydrogens (primary N) is 1. The van der Waals surface area contributed by atoms with E-state index in [9.17, 15) is 4.79 Å². The summed E-state index contributed by atoms with van der Waals surface area (Å²) in [6.45, 7) is 0. The molecule has 5 heteroatoms. The molecule has 2 rings (SSSR count). The van der Waals surface area contributed by atoms with Crippen LogP contribution in [0.15, 0.2) is 53.3 Å². The van der Waals surface area contributed by atoms with Gasteiger partial charge in [-0.2, -0.15) is 0 Å². The number of hydrogen-bond donors (Lipinski definition) is 2. The molecule has 4 nitrogen and oxygen atoms in total. The highest BCUT2D eigenvalue weighted by atomic mass is 79.9. The Morgan fingerprint density at radius 1 is 1.28 bits per heavy atom. The molecule has 1 atom stereocenters. The normalized spacial score (nSPS) is 11.8. The molecule has 0 aliphatic heterocycles. The van der Waals surface area contributed by atoms with Gasteiger partial charge in [-0.25, -0.2) is 0 Å². The van der Waals surface area contributed by atoms with Gasteiger partial charge in [0.2, 0.25) is 5.91 Å². The van der Waals surface area contributed by atoms with Gasteiger partial charge < -0.3 is 11.1 Å². The van der Waals surface area contributed by atoms with E-state index >= 15 is 0 Å². The van der Waals surface area contributed by atoms with Crippen molar-refractivity contribution in [2.24, 2.45) is 5.73 Å². The summed E-state index contributed by atoms with van der Waals surface area (Å²) in [6.07, 6.45) is 3.32. The number of benzene rings is 1. The minimum absolute atomic E-state index is 0.429. The molecule has 0 radical (unpaired) electrons. The number of carbonyl (C=O) groups is 1. The second-order valence-electron chi connectivity index (χ2n) is 3.78. The first kappa shape index (κ1) is 12.6. The molecule has 18 heavy (non-hydrogen) atoms. The first-order valence-corrected chi connectivity index (χ1v) is 6.17. The van der Waals surface area contributed by atoms with Crippen LogP contribution >= 0.6 is 15.9 Å². The molecule has 92 valence electrons. The molecule has 2 aromatic rings. The van der Waals surface area contributed by atoms with Gasteiger partial charge in [-0.3, -0.25) is 9.78 Å². The molecular formula is C13H12BrN3O. The summed E-state index contributed by atoms with van der Waals surface area (Å²) >= 11 is 3.33. The number of carbonyl (C=O) groups excluding carboxylic acids is 1. The number of primary amides is 1. The first-order chi connectivity index (χ1) is 8.66. The quantitative estimate of drug-likeness (QED) is 0.912. The summed E-state index contributed by atoms with van der Waals surface area (Å²) in [5.74, 6) is -0.429. The second-order valence-corrected chi connectivity index (χ2v) is 4.70. The highest BCUT2D eigenvalue weighted by molar-refractivity contribution is 9.10. The molecule has 0 aliphatic rings. The SMILES string of the molecule is NC(=O)[C@@H](Nc1cncc(Br)c1)c1ccccc1. The fourth-order valence-electron chi connectivity index (χ4n) is 1.62. The van der Waals surface area contributed by atoms with Gasteiger partial charge in [0, 0.05) is 10.7 Å². The largest absolute Gasteiger partial charge is 0.369 e. The van der Waals surface area contributed by atoms with E-state index in [-0.39, 0.29) is 0 Å². The lowest BCUT2D eigenvalue weighted by molar-refractivity contribution is -0.118. The molecule has 0 fully saturated rings. The molecule has 0 saturated carbocycles. The van der Waals surface area contributed by atoms with Crippen molar-refractivity contribution >= 4 is 27.5 Å². The van der Waals surface area contributed by atoms with E-state index in [1.807, 2.05) is 36.4 Å². The Morgan fingerprint density at radius 3 is 2.61 bits per heavy atom. The molecule has 1 aromatic heterocycles. The third kappa shape index (κ3) is 3.07. The van der Waals surface area contributed by atoms with E-state index in [2.05, 4.69) is 26.2 Å². The van der Waals surface area contributed by atoms with Gasteiger partial charge in [0.25, 0.3) is 0 Å². The van der Waals surface area contributed by atoms with Gasteiger partial charge in [0.1, 0.15) is 6.04 Å². The van der Waals surface area contributed by atoms with E-state index in [1.165, 1.54) is 0 Å². The highest BCUT2D eigenvalue weighted by Gasteiger charge is 2.17. The van der Waals surface area contributed by atoms with Crippen molar-refractivity contribution in [2.45, 2.75) is 6.04 Å². The zero-order valence-electron chi connectivity index (χ0n) is 9.51. The van der Waals surface area contributed by atoms with Gasteiger partial charge in [-0.05, 0) is 27.6 Å². The van der Waals surface area contributed by atoms with Crippen molar-refractivity contribution in [2.75, 3.05) is 5.32 Å². The summed E-state index contributed by atoms with van der Waals surface area (Å²) in [5, 5.41) is 3.07. The summed E-state index contributed by atoms with van der Waals surface area (Å²) in [7, 11) is 0. The molecule has 1 aromatic carbocycles. The number of aromatic nitrogens is 1. The Labute approximate surface area is 113 Å². The molecule has 0 saturated heterocycles. The molecule has 3 N–H and O–H groups in total. The van der Waals surface area contributed by atoms with E-state index in [0.29, 0.717) is 0 Å². The van der Waals surface area contributed by atoms with Crippen LogP contribution in [0.4, 0.5) is 5.69 Å². The van der Waals surface area contributed by atoms with Gasteiger partial charge in [0.15, 0.2) is 0 Å². The van der Waals surface area contributed by atoms with Gasteiger partial charge in [0.05, 0.1) is 11.9 Å². The van der Waals surface area contributed by atoms with Crippen LogP contribution in [0.5, 0.6) is 0 Å². The monoisotopic (exact) mass is 305 g/mol. The number of rotatable bonds is 4. The summed E-state index contributed by atoms with van der Waals surface area (Å²) in [5.41, 5.74) is 6.98. The Balaban J connectivity index is 2.25. The predicted octanol–water partition coefficient (Wildman–Crippen LogP) is 2.48. The fraction of sp³-hybridized carbons (Fsp3) is 0.0769. The summed E-state index contributed by atoms with van der Waals surface area (Å²) in [4.78, 5) is 15.5. The van der Waals surface area contributed by atoms with Gasteiger partial charge in [-0.1, -0.05) is 30.3 Å². The fourth-order valence-corrected chi connectivity index (χ4v) is 1.99. The van der Waals surface area contributed by atoms with Crippen LogP contribution in [-0.4, -0.2) is 10.9 Å². The van der Waals surface area contributed by atoms with E-state index in [1.54, 1.807) is 12.4 Å². The number of halogens is 1. The van der Waals surface area contributed by atoms with E-state index in [0.717, 1.165) is 15.7 Å². The van der Waals surface area contributed by atoms with Gasteiger partial charge in [-0.15, -0.1) is 0 Å². The number of amides is 1. The maximum atomic E-state index is 11.5. The Bertz CT molecular complexity index is 545. The lowest BCUT2D eigenvalue weighted by Gasteiger charge is -2.16. The topological polar surface area (TPSA) is 68.0 Å². The average molecular weight is 306 g/mol. The second kappa shape index (κ2) is 5.64. The van der Waals surface area contributed by atoms with Crippen molar-refractivity contribution in [1.82, 2.24) is 4.98 Å². The molecular weight excluding hydrogens is 294 g/mol. The third-order valence-electron chi connectivity index (χ3n) is 2.43. The Kier molecular flexibility index (Phi) is 3.94. The minimum atomic E-state index is -0.567. The van der Waals surface area contributed by atoms with Crippen molar-refractivity contribution in [3.8, 4) is 0 Å². The Hall–Kier alpha value is -1.88. The highest BCUT2D eigenvalue weighted by Crippen LogP contribution is 2.21. The molecule has 0 bridgehead atoms. The maximum absolute atomic E-state index is 11.5. The molecule has 0 spiro atoms. The average Bonchev–Trinajstić information content (AvgIpc) is 2.37. The minimum Gasteiger partial charge on any atom is -0.369 e. The molecule has 1 heterocycles. The smallest absolute Gasteiger partial charge is 0.244 e.